The zero-order valence-electron chi connectivity index (χ0n) is 10.0. The van der Waals surface area contributed by atoms with E-state index in [4.69, 9.17) is 9.84 Å². The second-order valence-electron chi connectivity index (χ2n) is 4.33. The minimum absolute atomic E-state index is 0.184. The maximum absolute atomic E-state index is 11.9. The van der Waals surface area contributed by atoms with Crippen molar-refractivity contribution in [1.29, 1.82) is 0 Å². The van der Waals surface area contributed by atoms with E-state index in [0.717, 1.165) is 0 Å². The molecule has 5 nitrogen and oxygen atoms in total. The number of rotatable bonds is 4. The fourth-order valence-corrected chi connectivity index (χ4v) is 3.77. The highest BCUT2D eigenvalue weighted by molar-refractivity contribution is 8.03. The number of carbonyl (C=O) groups is 2. The van der Waals surface area contributed by atoms with Crippen molar-refractivity contribution in [1.82, 2.24) is 5.32 Å². The maximum atomic E-state index is 11.9. The number of hydrogen-bond donors (Lipinski definition) is 3. The summed E-state index contributed by atoms with van der Waals surface area (Å²) in [6.07, 6.45) is 0. The number of thioether (sulfide) groups is 1. The lowest BCUT2D eigenvalue weighted by Crippen LogP contribution is -2.53. The van der Waals surface area contributed by atoms with Crippen LogP contribution in [0.15, 0.2) is 0 Å². The summed E-state index contributed by atoms with van der Waals surface area (Å²) in [7, 11) is 0. The molecule has 0 radical (unpaired) electrons. The van der Waals surface area contributed by atoms with Gasteiger partial charge in [-0.15, -0.1) is 11.8 Å². The summed E-state index contributed by atoms with van der Waals surface area (Å²) in [5, 5.41) is 12.0. The van der Waals surface area contributed by atoms with Gasteiger partial charge >= 0.3 is 11.9 Å². The summed E-state index contributed by atoms with van der Waals surface area (Å²) in [6.45, 7) is 5.54. The first-order valence-electron chi connectivity index (χ1n) is 5.28. The molecule has 0 aliphatic carbocycles. The van der Waals surface area contributed by atoms with Crippen molar-refractivity contribution in [2.45, 2.75) is 36.4 Å². The topological polar surface area (TPSA) is 75.6 Å². The Hall–Kier alpha value is -0.400. The summed E-state index contributed by atoms with van der Waals surface area (Å²) in [5.74, 6) is -1.25. The Balaban J connectivity index is 2.99. The van der Waals surface area contributed by atoms with Crippen molar-refractivity contribution in [2.75, 3.05) is 12.4 Å². The van der Waals surface area contributed by atoms with E-state index in [-0.39, 0.29) is 12.4 Å². The Morgan fingerprint density at radius 2 is 2.12 bits per heavy atom. The molecule has 0 bridgehead atoms. The highest BCUT2D eigenvalue weighted by atomic mass is 32.2. The van der Waals surface area contributed by atoms with Gasteiger partial charge in [-0.2, -0.15) is 12.6 Å². The summed E-state index contributed by atoms with van der Waals surface area (Å²) < 4.78 is 4.38. The zero-order chi connectivity index (χ0) is 13.3. The van der Waals surface area contributed by atoms with E-state index in [1.807, 2.05) is 0 Å². The molecule has 0 amide bonds. The first kappa shape index (κ1) is 14.7. The molecule has 1 aliphatic heterocycles. The van der Waals surface area contributed by atoms with Gasteiger partial charge < -0.3 is 9.84 Å². The predicted molar refractivity (Wildman–Crippen MR) is 69.4 cm³/mol. The molecule has 0 aromatic heterocycles. The fourth-order valence-electron chi connectivity index (χ4n) is 1.79. The van der Waals surface area contributed by atoms with Crippen LogP contribution in [0.25, 0.3) is 0 Å². The number of hydrogen-bond acceptors (Lipinski definition) is 6. The summed E-state index contributed by atoms with van der Waals surface area (Å²) in [6, 6.07) is -0.802. The Kier molecular flexibility index (Phi) is 4.38. The van der Waals surface area contributed by atoms with Crippen molar-refractivity contribution < 1.29 is 19.4 Å². The molecule has 0 saturated carbocycles. The third-order valence-corrected chi connectivity index (χ3v) is 4.81. The number of carbonyl (C=O) groups excluding carboxylic acids is 1. The molecule has 1 rings (SSSR count). The summed E-state index contributed by atoms with van der Waals surface area (Å²) in [4.78, 5) is 22.0. The van der Waals surface area contributed by atoms with Crippen molar-refractivity contribution in [3.63, 3.8) is 0 Å². The molecular weight excluding hydrogens is 262 g/mol. The van der Waals surface area contributed by atoms with Gasteiger partial charge in [-0.05, 0) is 20.8 Å². The lowest BCUT2D eigenvalue weighted by Gasteiger charge is -2.25. The van der Waals surface area contributed by atoms with Crippen LogP contribution in [0.3, 0.4) is 0 Å². The smallest absolute Gasteiger partial charge is 0.337 e. The third-order valence-electron chi connectivity index (χ3n) is 2.58. The molecule has 98 valence electrons. The molecule has 17 heavy (non-hydrogen) atoms. The van der Waals surface area contributed by atoms with E-state index in [1.165, 1.54) is 11.8 Å². The molecule has 2 atom stereocenters. The molecule has 1 saturated heterocycles. The summed E-state index contributed by atoms with van der Waals surface area (Å²) in [5.41, 5.74) is 0. The molecule has 1 fully saturated rings. The second kappa shape index (κ2) is 5.07. The number of nitrogens with one attached hydrogen (secondary N) is 1. The van der Waals surface area contributed by atoms with E-state index < -0.39 is 27.6 Å². The van der Waals surface area contributed by atoms with Gasteiger partial charge in [0.1, 0.15) is 6.04 Å². The summed E-state index contributed by atoms with van der Waals surface area (Å²) >= 11 is 5.40. The quantitative estimate of drug-likeness (QED) is 0.521. The second-order valence-corrected chi connectivity index (χ2v) is 6.60. The van der Waals surface area contributed by atoms with Crippen LogP contribution >= 0.6 is 24.4 Å². The molecule has 0 aromatic carbocycles. The maximum Gasteiger partial charge on any atom is 0.337 e. The lowest BCUT2D eigenvalue weighted by atomic mass is 10.0. The molecule has 7 heteroatoms. The van der Waals surface area contributed by atoms with E-state index in [9.17, 15) is 9.59 Å². The van der Waals surface area contributed by atoms with Crippen molar-refractivity contribution in [2.24, 2.45) is 0 Å². The van der Waals surface area contributed by atoms with Gasteiger partial charge in [0.05, 0.1) is 6.61 Å². The predicted octanol–water partition coefficient (Wildman–Crippen LogP) is 0.744. The Labute approximate surface area is 110 Å². The highest BCUT2D eigenvalue weighted by Crippen LogP contribution is 2.45. The van der Waals surface area contributed by atoms with Crippen molar-refractivity contribution in [3.8, 4) is 0 Å². The number of thiol groups is 1. The van der Waals surface area contributed by atoms with Gasteiger partial charge in [0.25, 0.3) is 0 Å². The van der Waals surface area contributed by atoms with Crippen molar-refractivity contribution in [3.05, 3.63) is 0 Å². The Morgan fingerprint density at radius 3 is 2.47 bits per heavy atom. The first-order chi connectivity index (χ1) is 7.79. The Bertz CT molecular complexity index is 334. The number of aliphatic carboxylic acids is 1. The van der Waals surface area contributed by atoms with E-state index >= 15 is 0 Å². The SMILES string of the molecule is CCOC(=O)[C@]1(CS)N[C@@H](C(=O)O)C(C)(C)S1. The van der Waals surface area contributed by atoms with Crippen molar-refractivity contribution >= 4 is 36.3 Å². The van der Waals surface area contributed by atoms with Crippen LogP contribution < -0.4 is 5.32 Å². The number of carboxylic acids is 1. The van der Waals surface area contributed by atoms with Crippen LogP contribution in [0.1, 0.15) is 20.8 Å². The largest absolute Gasteiger partial charge is 0.480 e. The van der Waals surface area contributed by atoms with Gasteiger partial charge in [-0.3, -0.25) is 10.1 Å². The van der Waals surface area contributed by atoms with E-state index in [0.29, 0.717) is 0 Å². The molecule has 1 heterocycles. The van der Waals surface area contributed by atoms with E-state index in [2.05, 4.69) is 17.9 Å². The fraction of sp³-hybridized carbons (Fsp3) is 0.800. The van der Waals surface area contributed by atoms with Crippen LogP contribution in [-0.4, -0.2) is 45.1 Å². The van der Waals surface area contributed by atoms with Crippen LogP contribution in [0, 0.1) is 0 Å². The zero-order valence-corrected chi connectivity index (χ0v) is 11.7. The van der Waals surface area contributed by atoms with Gasteiger partial charge in [0.2, 0.25) is 0 Å². The van der Waals surface area contributed by atoms with Crippen LogP contribution in [0.2, 0.25) is 0 Å². The minimum Gasteiger partial charge on any atom is -0.480 e. The average molecular weight is 279 g/mol. The van der Waals surface area contributed by atoms with Crippen LogP contribution in [0.5, 0.6) is 0 Å². The van der Waals surface area contributed by atoms with Crippen LogP contribution in [-0.2, 0) is 14.3 Å². The normalized spacial score (nSPS) is 31.2. The molecule has 1 aliphatic rings. The standard InChI is InChI=1S/C10H17NO4S2/c1-4-15-8(14)10(5-16)11-6(7(12)13)9(2,3)17-10/h6,11,16H,4-5H2,1-3H3,(H,12,13)/t6-,10+/m0/s1. The third kappa shape index (κ3) is 2.71. The minimum atomic E-state index is -1.08. The average Bonchev–Trinajstić information content (AvgIpc) is 2.51. The number of ether oxygens (including phenoxy) is 1. The Morgan fingerprint density at radius 1 is 1.53 bits per heavy atom. The van der Waals surface area contributed by atoms with Gasteiger partial charge in [-0.1, -0.05) is 0 Å². The van der Waals surface area contributed by atoms with E-state index in [1.54, 1.807) is 20.8 Å². The van der Waals surface area contributed by atoms with Gasteiger partial charge in [0, 0.05) is 10.5 Å². The number of esters is 1. The monoisotopic (exact) mass is 279 g/mol. The lowest BCUT2D eigenvalue weighted by molar-refractivity contribution is -0.147. The van der Waals surface area contributed by atoms with Crippen LogP contribution in [0.4, 0.5) is 0 Å². The molecule has 2 N–H and O–H groups in total. The highest BCUT2D eigenvalue weighted by Gasteiger charge is 2.57. The van der Waals surface area contributed by atoms with Gasteiger partial charge in [-0.25, -0.2) is 4.79 Å². The molecular formula is C10H17NO4S2. The molecule has 0 spiro atoms. The molecule has 0 aromatic rings. The number of carboxylic acid groups (broad SMARTS) is 1. The first-order valence-corrected chi connectivity index (χ1v) is 6.72. The molecule has 0 unspecified atom stereocenters. The van der Waals surface area contributed by atoms with Gasteiger partial charge in [0.15, 0.2) is 4.87 Å².